The van der Waals surface area contributed by atoms with Crippen LogP contribution >= 0.6 is 0 Å². The lowest BCUT2D eigenvalue weighted by Gasteiger charge is -2.34. The predicted octanol–water partition coefficient (Wildman–Crippen LogP) is 2.86. The SMILES string of the molecule is Nc1nc(N2CCCC(C(F)(F)F)C2)cc(C(F)(F)F)n1. The molecule has 1 aliphatic heterocycles. The zero-order valence-corrected chi connectivity index (χ0v) is 10.7. The molecule has 2 N–H and O–H groups in total. The normalized spacial score (nSPS) is 20.7. The van der Waals surface area contributed by atoms with E-state index >= 15 is 0 Å². The quantitative estimate of drug-likeness (QED) is 0.810. The number of aromatic nitrogens is 2. The number of alkyl halides is 6. The van der Waals surface area contributed by atoms with Crippen molar-refractivity contribution in [2.75, 3.05) is 23.7 Å². The number of hydrogen-bond donors (Lipinski definition) is 1. The number of rotatable bonds is 1. The third-order valence-corrected chi connectivity index (χ3v) is 3.23. The van der Waals surface area contributed by atoms with E-state index in [4.69, 9.17) is 5.73 Å². The van der Waals surface area contributed by atoms with Crippen molar-refractivity contribution in [1.82, 2.24) is 9.97 Å². The monoisotopic (exact) mass is 314 g/mol. The Balaban J connectivity index is 2.27. The average Bonchev–Trinajstić information content (AvgIpc) is 2.36. The molecule has 0 aliphatic carbocycles. The van der Waals surface area contributed by atoms with Gasteiger partial charge < -0.3 is 10.6 Å². The Morgan fingerprint density at radius 3 is 2.38 bits per heavy atom. The smallest absolute Gasteiger partial charge is 0.368 e. The molecule has 1 fully saturated rings. The van der Waals surface area contributed by atoms with Gasteiger partial charge in [-0.15, -0.1) is 0 Å². The molecule has 4 nitrogen and oxygen atoms in total. The van der Waals surface area contributed by atoms with Gasteiger partial charge in [0.2, 0.25) is 5.95 Å². The van der Waals surface area contributed by atoms with Crippen LogP contribution in [0.3, 0.4) is 0 Å². The minimum atomic E-state index is -4.73. The fourth-order valence-corrected chi connectivity index (χ4v) is 2.21. The van der Waals surface area contributed by atoms with Gasteiger partial charge in [0.05, 0.1) is 5.92 Å². The standard InChI is InChI=1S/C11H12F6N4/c12-10(13,14)6-2-1-3-21(5-6)8-4-7(11(15,16)17)19-9(18)20-8/h4,6H,1-3,5H2,(H2,18,19,20). The number of hydrogen-bond acceptors (Lipinski definition) is 4. The second-order valence-corrected chi connectivity index (χ2v) is 4.79. The van der Waals surface area contributed by atoms with Crippen molar-refractivity contribution in [1.29, 1.82) is 0 Å². The number of piperidine rings is 1. The second-order valence-electron chi connectivity index (χ2n) is 4.79. The van der Waals surface area contributed by atoms with Crippen molar-refractivity contribution >= 4 is 11.8 Å². The fraction of sp³-hybridized carbons (Fsp3) is 0.636. The van der Waals surface area contributed by atoms with Crippen LogP contribution in [0.25, 0.3) is 0 Å². The summed E-state index contributed by atoms with van der Waals surface area (Å²) in [7, 11) is 0. The largest absolute Gasteiger partial charge is 0.433 e. The second kappa shape index (κ2) is 5.23. The summed E-state index contributed by atoms with van der Waals surface area (Å²) in [5, 5.41) is 0. The van der Waals surface area contributed by atoms with Crippen molar-refractivity contribution in [3.63, 3.8) is 0 Å². The van der Waals surface area contributed by atoms with Gasteiger partial charge in [0.1, 0.15) is 5.82 Å². The lowest BCUT2D eigenvalue weighted by Crippen LogP contribution is -2.42. The molecule has 1 saturated heterocycles. The lowest BCUT2D eigenvalue weighted by molar-refractivity contribution is -0.176. The topological polar surface area (TPSA) is 55.0 Å². The van der Waals surface area contributed by atoms with Crippen molar-refractivity contribution in [2.45, 2.75) is 25.2 Å². The summed E-state index contributed by atoms with van der Waals surface area (Å²) in [6.07, 6.45) is -8.95. The van der Waals surface area contributed by atoms with Gasteiger partial charge >= 0.3 is 12.4 Å². The maximum Gasteiger partial charge on any atom is 0.433 e. The summed E-state index contributed by atoms with van der Waals surface area (Å²) < 4.78 is 76.1. The van der Waals surface area contributed by atoms with Crippen molar-refractivity contribution < 1.29 is 26.3 Å². The third kappa shape index (κ3) is 3.67. The Kier molecular flexibility index (Phi) is 3.89. The van der Waals surface area contributed by atoms with Gasteiger partial charge in [-0.3, -0.25) is 0 Å². The molecule has 0 radical (unpaired) electrons. The predicted molar refractivity (Wildman–Crippen MR) is 62.4 cm³/mol. The molecule has 2 heterocycles. The van der Waals surface area contributed by atoms with Crippen LogP contribution in [-0.2, 0) is 6.18 Å². The van der Waals surface area contributed by atoms with E-state index in [1.807, 2.05) is 0 Å². The summed E-state index contributed by atoms with van der Waals surface area (Å²) in [5.41, 5.74) is 3.95. The van der Waals surface area contributed by atoms with Gasteiger partial charge in [0, 0.05) is 19.2 Å². The van der Waals surface area contributed by atoms with E-state index in [1.54, 1.807) is 0 Å². The molecule has 0 amide bonds. The summed E-state index contributed by atoms with van der Waals surface area (Å²) in [6, 6.07) is 0.620. The Labute approximate surface area is 116 Å². The van der Waals surface area contributed by atoms with Crippen LogP contribution in [0.15, 0.2) is 6.07 Å². The van der Waals surface area contributed by atoms with E-state index in [0.29, 0.717) is 6.07 Å². The van der Waals surface area contributed by atoms with Crippen molar-refractivity contribution in [3.8, 4) is 0 Å². The Morgan fingerprint density at radius 2 is 1.81 bits per heavy atom. The molecule has 1 atom stereocenters. The van der Waals surface area contributed by atoms with Crippen LogP contribution < -0.4 is 10.6 Å². The number of halogens is 6. The third-order valence-electron chi connectivity index (χ3n) is 3.23. The molecular weight excluding hydrogens is 302 g/mol. The average molecular weight is 314 g/mol. The van der Waals surface area contributed by atoms with Gasteiger partial charge in [0.15, 0.2) is 5.69 Å². The molecule has 0 aromatic carbocycles. The van der Waals surface area contributed by atoms with E-state index < -0.39 is 36.5 Å². The van der Waals surface area contributed by atoms with E-state index in [2.05, 4.69) is 9.97 Å². The number of anilines is 2. The Bertz CT molecular complexity index is 512. The molecule has 0 spiro atoms. The van der Waals surface area contributed by atoms with Crippen LogP contribution in [0.5, 0.6) is 0 Å². The molecular formula is C11H12F6N4. The number of nitrogens with zero attached hydrogens (tertiary/aromatic N) is 3. The first-order chi connectivity index (χ1) is 9.57. The highest BCUT2D eigenvalue weighted by Crippen LogP contribution is 2.36. The molecule has 2 rings (SSSR count). The molecule has 1 aliphatic rings. The molecule has 21 heavy (non-hydrogen) atoms. The van der Waals surface area contributed by atoms with E-state index in [-0.39, 0.29) is 25.2 Å². The number of nitrogens with two attached hydrogens (primary N) is 1. The molecule has 1 aromatic heterocycles. The zero-order valence-electron chi connectivity index (χ0n) is 10.7. The first-order valence-corrected chi connectivity index (χ1v) is 6.11. The van der Waals surface area contributed by atoms with Gasteiger partial charge in [-0.2, -0.15) is 31.3 Å². The summed E-state index contributed by atoms with van der Waals surface area (Å²) in [6.45, 7) is -0.239. The van der Waals surface area contributed by atoms with E-state index in [9.17, 15) is 26.3 Å². The highest BCUT2D eigenvalue weighted by Gasteiger charge is 2.42. The highest BCUT2D eigenvalue weighted by molar-refractivity contribution is 5.44. The molecule has 10 heteroatoms. The van der Waals surface area contributed by atoms with E-state index in [0.717, 1.165) is 4.90 Å². The van der Waals surface area contributed by atoms with Crippen LogP contribution in [-0.4, -0.2) is 29.2 Å². The lowest BCUT2D eigenvalue weighted by atomic mass is 9.97. The van der Waals surface area contributed by atoms with Crippen molar-refractivity contribution in [3.05, 3.63) is 11.8 Å². The minimum Gasteiger partial charge on any atom is -0.368 e. The van der Waals surface area contributed by atoms with Gasteiger partial charge in [-0.1, -0.05) is 0 Å². The zero-order chi connectivity index (χ0) is 15.8. The van der Waals surface area contributed by atoms with Crippen LogP contribution in [0, 0.1) is 5.92 Å². The molecule has 0 bridgehead atoms. The summed E-state index contributed by atoms with van der Waals surface area (Å²) in [5.74, 6) is -2.44. The fourth-order valence-electron chi connectivity index (χ4n) is 2.21. The molecule has 1 aromatic rings. The van der Waals surface area contributed by atoms with Gasteiger partial charge in [-0.25, -0.2) is 4.98 Å². The Morgan fingerprint density at radius 1 is 1.14 bits per heavy atom. The molecule has 0 saturated carbocycles. The van der Waals surface area contributed by atoms with Crippen LogP contribution in [0.2, 0.25) is 0 Å². The maximum atomic E-state index is 12.7. The van der Waals surface area contributed by atoms with Gasteiger partial charge in [0.25, 0.3) is 0 Å². The first-order valence-electron chi connectivity index (χ1n) is 6.11. The minimum absolute atomic E-state index is 0.0489. The van der Waals surface area contributed by atoms with Crippen molar-refractivity contribution in [2.24, 2.45) is 5.92 Å². The summed E-state index contributed by atoms with van der Waals surface area (Å²) in [4.78, 5) is 7.83. The van der Waals surface area contributed by atoms with Crippen LogP contribution in [0.4, 0.5) is 38.1 Å². The highest BCUT2D eigenvalue weighted by atomic mass is 19.4. The number of nitrogen functional groups attached to an aromatic ring is 1. The van der Waals surface area contributed by atoms with Gasteiger partial charge in [-0.05, 0) is 12.8 Å². The Hall–Kier alpha value is -1.74. The molecule has 118 valence electrons. The maximum absolute atomic E-state index is 12.7. The first kappa shape index (κ1) is 15.6. The van der Waals surface area contributed by atoms with E-state index in [1.165, 1.54) is 0 Å². The summed E-state index contributed by atoms with van der Waals surface area (Å²) >= 11 is 0. The molecule has 1 unspecified atom stereocenters. The van der Waals surface area contributed by atoms with Crippen LogP contribution in [0.1, 0.15) is 18.5 Å².